The number of methoxy groups -OCH3 is 2. The fraction of sp³-hybridized carbons (Fsp3) is 0.120. The smallest absolute Gasteiger partial charge is 0.300 e. The van der Waals surface area contributed by atoms with Gasteiger partial charge >= 0.3 is 0 Å². The van der Waals surface area contributed by atoms with Crippen molar-refractivity contribution in [1.82, 2.24) is 0 Å². The van der Waals surface area contributed by atoms with Crippen LogP contribution in [-0.2, 0) is 9.59 Å². The van der Waals surface area contributed by atoms with Crippen LogP contribution in [0.3, 0.4) is 0 Å². The normalized spacial score (nSPS) is 17.2. The fourth-order valence-corrected chi connectivity index (χ4v) is 4.17. The van der Waals surface area contributed by atoms with Crippen molar-refractivity contribution in [3.05, 3.63) is 93.2 Å². The summed E-state index contributed by atoms with van der Waals surface area (Å²) in [6, 6.07) is 13.3. The summed E-state index contributed by atoms with van der Waals surface area (Å²) in [7, 11) is 2.90. The molecule has 4 rings (SSSR count). The van der Waals surface area contributed by atoms with Crippen LogP contribution in [0.5, 0.6) is 11.5 Å². The Bertz CT molecular complexity index is 1340. The molecule has 0 spiro atoms. The Labute approximate surface area is 204 Å². The third kappa shape index (κ3) is 4.08. The first-order valence-corrected chi connectivity index (χ1v) is 10.8. The van der Waals surface area contributed by atoms with Gasteiger partial charge in [0.25, 0.3) is 11.7 Å². The first-order chi connectivity index (χ1) is 16.3. The van der Waals surface area contributed by atoms with E-state index in [4.69, 9.17) is 32.7 Å². The minimum absolute atomic E-state index is 0.143. The van der Waals surface area contributed by atoms with Gasteiger partial charge in [-0.25, -0.2) is 4.39 Å². The van der Waals surface area contributed by atoms with Crippen molar-refractivity contribution in [2.45, 2.75) is 6.04 Å². The van der Waals surface area contributed by atoms with Crippen LogP contribution in [0, 0.1) is 5.82 Å². The van der Waals surface area contributed by atoms with Gasteiger partial charge in [0.1, 0.15) is 11.6 Å². The molecular weight excluding hydrogens is 484 g/mol. The number of benzene rings is 3. The summed E-state index contributed by atoms with van der Waals surface area (Å²) in [6.45, 7) is 0. The number of ether oxygens (including phenoxy) is 2. The average molecular weight is 502 g/mol. The lowest BCUT2D eigenvalue weighted by molar-refractivity contribution is -0.132. The summed E-state index contributed by atoms with van der Waals surface area (Å²) in [5, 5.41) is 11.7. The number of carbonyl (C=O) groups is 2. The van der Waals surface area contributed by atoms with Gasteiger partial charge in [0.05, 0.1) is 35.9 Å². The number of Topliss-reactive ketones (excluding diaryl/α,β-unsaturated/α-hetero) is 1. The quantitative estimate of drug-likeness (QED) is 0.272. The van der Waals surface area contributed by atoms with Crippen LogP contribution in [0.1, 0.15) is 17.2 Å². The molecule has 0 bridgehead atoms. The molecule has 0 aromatic heterocycles. The molecule has 3 aromatic rings. The maximum Gasteiger partial charge on any atom is 0.300 e. The third-order valence-electron chi connectivity index (χ3n) is 5.45. The molecule has 1 aliphatic rings. The molecule has 0 radical (unpaired) electrons. The van der Waals surface area contributed by atoms with Gasteiger partial charge in [0.15, 0.2) is 11.5 Å². The minimum Gasteiger partial charge on any atom is -0.507 e. The van der Waals surface area contributed by atoms with E-state index in [-0.39, 0.29) is 26.9 Å². The monoisotopic (exact) mass is 501 g/mol. The van der Waals surface area contributed by atoms with Crippen LogP contribution in [0.4, 0.5) is 10.1 Å². The van der Waals surface area contributed by atoms with E-state index >= 15 is 0 Å². The van der Waals surface area contributed by atoms with Gasteiger partial charge in [-0.2, -0.15) is 0 Å². The van der Waals surface area contributed by atoms with E-state index in [9.17, 15) is 19.1 Å². The molecular formula is C25H18Cl2FNO5. The molecule has 1 N–H and O–H groups in total. The Morgan fingerprint density at radius 1 is 0.941 bits per heavy atom. The Hall–Kier alpha value is -3.55. The first-order valence-electron chi connectivity index (χ1n) is 10.0. The average Bonchev–Trinajstić information content (AvgIpc) is 3.10. The molecule has 3 aromatic carbocycles. The largest absolute Gasteiger partial charge is 0.507 e. The van der Waals surface area contributed by atoms with Gasteiger partial charge in [0, 0.05) is 11.3 Å². The second kappa shape index (κ2) is 9.37. The Morgan fingerprint density at radius 2 is 1.68 bits per heavy atom. The van der Waals surface area contributed by atoms with Gasteiger partial charge in [-0.05, 0) is 54.1 Å². The number of rotatable bonds is 5. The molecule has 1 amide bonds. The predicted octanol–water partition coefficient (Wildman–Crippen LogP) is 5.78. The summed E-state index contributed by atoms with van der Waals surface area (Å²) in [5.41, 5.74) is 0.573. The van der Waals surface area contributed by atoms with Crippen molar-refractivity contribution in [2.24, 2.45) is 0 Å². The van der Waals surface area contributed by atoms with Crippen molar-refractivity contribution >= 4 is 46.3 Å². The van der Waals surface area contributed by atoms with Gasteiger partial charge in [-0.15, -0.1) is 0 Å². The van der Waals surface area contributed by atoms with Crippen LogP contribution in [-0.4, -0.2) is 31.0 Å². The molecule has 1 saturated heterocycles. The summed E-state index contributed by atoms with van der Waals surface area (Å²) >= 11 is 12.3. The zero-order valence-corrected chi connectivity index (χ0v) is 19.5. The number of aliphatic hydroxyl groups excluding tert-OH is 1. The summed E-state index contributed by atoms with van der Waals surface area (Å²) in [6.07, 6.45) is 0. The molecule has 0 saturated carbocycles. The van der Waals surface area contributed by atoms with Gasteiger partial charge in [-0.1, -0.05) is 35.3 Å². The second-order valence-corrected chi connectivity index (χ2v) is 8.21. The van der Waals surface area contributed by atoms with Crippen LogP contribution < -0.4 is 14.4 Å². The van der Waals surface area contributed by atoms with Crippen molar-refractivity contribution in [3.63, 3.8) is 0 Å². The van der Waals surface area contributed by atoms with E-state index in [0.717, 1.165) is 11.0 Å². The number of nitrogens with zero attached hydrogens (tertiary/aromatic N) is 1. The third-order valence-corrected chi connectivity index (χ3v) is 6.19. The molecule has 0 aliphatic carbocycles. The number of carbonyl (C=O) groups excluding carboxylic acids is 2. The second-order valence-electron chi connectivity index (χ2n) is 7.39. The van der Waals surface area contributed by atoms with Crippen LogP contribution in [0.2, 0.25) is 10.0 Å². The van der Waals surface area contributed by atoms with E-state index in [1.54, 1.807) is 12.1 Å². The molecule has 174 valence electrons. The zero-order valence-electron chi connectivity index (χ0n) is 18.0. The summed E-state index contributed by atoms with van der Waals surface area (Å²) < 4.78 is 24.5. The lowest BCUT2D eigenvalue weighted by atomic mass is 9.95. The van der Waals surface area contributed by atoms with Crippen molar-refractivity contribution in [3.8, 4) is 11.5 Å². The molecule has 34 heavy (non-hydrogen) atoms. The van der Waals surface area contributed by atoms with Crippen molar-refractivity contribution in [1.29, 1.82) is 0 Å². The first kappa shape index (κ1) is 23.6. The van der Waals surface area contributed by atoms with Crippen LogP contribution in [0.15, 0.2) is 66.2 Å². The number of ketones is 1. The molecule has 1 fully saturated rings. The Kier molecular flexibility index (Phi) is 6.50. The Balaban J connectivity index is 1.97. The number of anilines is 1. The van der Waals surface area contributed by atoms with E-state index < -0.39 is 29.3 Å². The number of aliphatic hydroxyl groups is 1. The van der Waals surface area contributed by atoms with Crippen molar-refractivity contribution in [2.75, 3.05) is 19.1 Å². The minimum atomic E-state index is -1.09. The summed E-state index contributed by atoms with van der Waals surface area (Å²) in [4.78, 5) is 27.4. The lowest BCUT2D eigenvalue weighted by Crippen LogP contribution is -2.29. The topological polar surface area (TPSA) is 76.1 Å². The van der Waals surface area contributed by atoms with E-state index in [2.05, 4.69) is 0 Å². The highest BCUT2D eigenvalue weighted by Gasteiger charge is 2.47. The highest BCUT2D eigenvalue weighted by molar-refractivity contribution is 6.51. The maximum atomic E-state index is 14.0. The SMILES string of the molecule is COc1ccc(/C(O)=C2/C(=O)C(=O)N(c3cccc(F)c3)C2c2ccc(Cl)c(Cl)c2)cc1OC. The van der Waals surface area contributed by atoms with E-state index in [1.807, 2.05) is 0 Å². The van der Waals surface area contributed by atoms with E-state index in [1.165, 1.54) is 56.7 Å². The molecule has 1 atom stereocenters. The number of halogens is 3. The summed E-state index contributed by atoms with van der Waals surface area (Å²) in [5.74, 6) is -2.16. The standard InChI is InChI=1S/C25H18Cl2FNO5/c1-33-19-9-7-14(11-20(19)34-2)23(30)21-22(13-6-8-17(26)18(27)10-13)29(25(32)24(21)31)16-5-3-4-15(28)12-16/h3-12,22,30H,1-2H3/b23-21-. The van der Waals surface area contributed by atoms with Gasteiger partial charge < -0.3 is 14.6 Å². The maximum absolute atomic E-state index is 14.0. The predicted molar refractivity (Wildman–Crippen MR) is 127 cm³/mol. The highest BCUT2D eigenvalue weighted by atomic mass is 35.5. The van der Waals surface area contributed by atoms with Crippen LogP contribution >= 0.6 is 23.2 Å². The number of hydrogen-bond donors (Lipinski definition) is 1. The molecule has 1 aliphatic heterocycles. The Morgan fingerprint density at radius 3 is 2.32 bits per heavy atom. The lowest BCUT2D eigenvalue weighted by Gasteiger charge is -2.25. The molecule has 1 heterocycles. The highest BCUT2D eigenvalue weighted by Crippen LogP contribution is 2.44. The van der Waals surface area contributed by atoms with E-state index in [0.29, 0.717) is 17.1 Å². The molecule has 1 unspecified atom stereocenters. The van der Waals surface area contributed by atoms with Crippen molar-refractivity contribution < 1.29 is 28.6 Å². The zero-order chi connectivity index (χ0) is 24.6. The molecule has 9 heteroatoms. The number of hydrogen-bond acceptors (Lipinski definition) is 5. The molecule has 6 nitrogen and oxygen atoms in total. The fourth-order valence-electron chi connectivity index (χ4n) is 3.86. The number of amides is 1. The van der Waals surface area contributed by atoms with Crippen LogP contribution in [0.25, 0.3) is 5.76 Å². The van der Waals surface area contributed by atoms with Gasteiger partial charge in [-0.3, -0.25) is 14.5 Å². The van der Waals surface area contributed by atoms with Gasteiger partial charge in [0.2, 0.25) is 0 Å².